The van der Waals surface area contributed by atoms with Crippen LogP contribution in [0.25, 0.3) is 0 Å². The van der Waals surface area contributed by atoms with Crippen molar-refractivity contribution >= 4 is 11.3 Å². The molecule has 0 aliphatic carbocycles. The van der Waals surface area contributed by atoms with Crippen LogP contribution in [0.3, 0.4) is 0 Å². The Hall–Kier alpha value is -1.39. The van der Waals surface area contributed by atoms with Crippen LogP contribution in [0.1, 0.15) is 42.1 Å². The molecule has 19 heavy (non-hydrogen) atoms. The predicted octanol–water partition coefficient (Wildman–Crippen LogP) is 3.58. The fraction of sp³-hybridized carbons (Fsp3) is 0.400. The van der Waals surface area contributed by atoms with Crippen molar-refractivity contribution in [2.45, 2.75) is 25.8 Å². The topological polar surface area (TPSA) is 34.1 Å². The van der Waals surface area contributed by atoms with Gasteiger partial charge in [-0.25, -0.2) is 4.98 Å². The third-order valence-corrected chi connectivity index (χ3v) is 4.04. The number of hydrogen-bond acceptors (Lipinski definition) is 4. The molecule has 1 unspecified atom stereocenters. The highest BCUT2D eigenvalue weighted by Crippen LogP contribution is 2.28. The molecule has 1 heterocycles. The molecule has 0 bridgehead atoms. The Balaban J connectivity index is 2.26. The molecule has 2 rings (SSSR count). The molecular formula is C15H20N2OS. The van der Waals surface area contributed by atoms with Crippen molar-refractivity contribution in [1.29, 1.82) is 0 Å². The van der Waals surface area contributed by atoms with Gasteiger partial charge in [0.05, 0.1) is 18.8 Å². The van der Waals surface area contributed by atoms with E-state index in [0.717, 1.165) is 16.5 Å². The van der Waals surface area contributed by atoms with E-state index >= 15 is 0 Å². The summed E-state index contributed by atoms with van der Waals surface area (Å²) in [6.07, 6.45) is 0. The van der Waals surface area contributed by atoms with Crippen LogP contribution < -0.4 is 10.1 Å². The SMILES string of the molecule is CNC(c1ccc(OC)cc1)c1nc(C(C)C)cs1. The fourth-order valence-electron chi connectivity index (χ4n) is 1.93. The van der Waals surface area contributed by atoms with Gasteiger partial charge in [-0.3, -0.25) is 0 Å². The molecule has 1 atom stereocenters. The van der Waals surface area contributed by atoms with Crippen LogP contribution in [-0.2, 0) is 0 Å². The van der Waals surface area contributed by atoms with E-state index in [1.54, 1.807) is 18.4 Å². The van der Waals surface area contributed by atoms with E-state index in [9.17, 15) is 0 Å². The molecule has 0 aliphatic heterocycles. The van der Waals surface area contributed by atoms with E-state index in [1.165, 1.54) is 5.56 Å². The molecule has 2 aromatic rings. The first-order valence-electron chi connectivity index (χ1n) is 6.42. The molecule has 0 spiro atoms. The summed E-state index contributed by atoms with van der Waals surface area (Å²) in [5, 5.41) is 6.59. The van der Waals surface area contributed by atoms with Gasteiger partial charge in [-0.2, -0.15) is 0 Å². The molecule has 4 heteroatoms. The van der Waals surface area contributed by atoms with Crippen molar-refractivity contribution in [1.82, 2.24) is 10.3 Å². The lowest BCUT2D eigenvalue weighted by molar-refractivity contribution is 0.414. The number of nitrogens with zero attached hydrogens (tertiary/aromatic N) is 1. The Morgan fingerprint density at radius 2 is 1.89 bits per heavy atom. The lowest BCUT2D eigenvalue weighted by atomic mass is 10.1. The molecule has 3 nitrogen and oxygen atoms in total. The number of methoxy groups -OCH3 is 1. The van der Waals surface area contributed by atoms with Gasteiger partial charge in [-0.05, 0) is 30.7 Å². The third kappa shape index (κ3) is 3.14. The summed E-state index contributed by atoms with van der Waals surface area (Å²) < 4.78 is 5.19. The second-order valence-electron chi connectivity index (χ2n) is 4.76. The summed E-state index contributed by atoms with van der Waals surface area (Å²) in [7, 11) is 3.64. The van der Waals surface area contributed by atoms with Gasteiger partial charge >= 0.3 is 0 Å². The minimum atomic E-state index is 0.142. The van der Waals surface area contributed by atoms with Gasteiger partial charge in [0.25, 0.3) is 0 Å². The Morgan fingerprint density at radius 1 is 1.21 bits per heavy atom. The van der Waals surface area contributed by atoms with Crippen molar-refractivity contribution in [3.05, 3.63) is 45.9 Å². The van der Waals surface area contributed by atoms with Crippen LogP contribution in [0.15, 0.2) is 29.6 Å². The minimum Gasteiger partial charge on any atom is -0.497 e. The molecule has 0 saturated heterocycles. The quantitative estimate of drug-likeness (QED) is 0.906. The number of thiazole rings is 1. The summed E-state index contributed by atoms with van der Waals surface area (Å²) in [6, 6.07) is 8.27. The van der Waals surface area contributed by atoms with Crippen LogP contribution >= 0.6 is 11.3 Å². The number of hydrogen-bond donors (Lipinski definition) is 1. The standard InChI is InChI=1S/C15H20N2OS/c1-10(2)13-9-19-15(17-13)14(16-3)11-5-7-12(18-4)8-6-11/h5-10,14,16H,1-4H3. The molecule has 0 radical (unpaired) electrons. The average molecular weight is 276 g/mol. The zero-order valence-electron chi connectivity index (χ0n) is 11.8. The van der Waals surface area contributed by atoms with E-state index in [0.29, 0.717) is 5.92 Å². The third-order valence-electron chi connectivity index (χ3n) is 3.12. The van der Waals surface area contributed by atoms with Crippen molar-refractivity contribution in [2.75, 3.05) is 14.2 Å². The van der Waals surface area contributed by atoms with Crippen molar-refractivity contribution < 1.29 is 4.74 Å². The maximum atomic E-state index is 5.19. The average Bonchev–Trinajstić information content (AvgIpc) is 2.90. The summed E-state index contributed by atoms with van der Waals surface area (Å²) in [5.41, 5.74) is 2.36. The van der Waals surface area contributed by atoms with Crippen LogP contribution in [0.4, 0.5) is 0 Å². The van der Waals surface area contributed by atoms with Gasteiger partial charge in [0.2, 0.25) is 0 Å². The highest BCUT2D eigenvalue weighted by Gasteiger charge is 2.16. The summed E-state index contributed by atoms with van der Waals surface area (Å²) in [4.78, 5) is 4.72. The normalized spacial score (nSPS) is 12.7. The van der Waals surface area contributed by atoms with Crippen LogP contribution in [0.2, 0.25) is 0 Å². The highest BCUT2D eigenvalue weighted by atomic mass is 32.1. The number of benzene rings is 1. The molecule has 0 fully saturated rings. The molecular weight excluding hydrogens is 256 g/mol. The van der Waals surface area contributed by atoms with Gasteiger partial charge in [-0.15, -0.1) is 11.3 Å². The summed E-state index contributed by atoms with van der Waals surface area (Å²) in [6.45, 7) is 4.33. The number of rotatable bonds is 5. The molecule has 0 amide bonds. The molecule has 0 aliphatic rings. The maximum Gasteiger partial charge on any atom is 0.118 e. The van der Waals surface area contributed by atoms with Gasteiger partial charge in [-0.1, -0.05) is 26.0 Å². The van der Waals surface area contributed by atoms with Crippen molar-refractivity contribution in [3.8, 4) is 5.75 Å². The number of nitrogens with one attached hydrogen (secondary N) is 1. The maximum absolute atomic E-state index is 5.19. The Labute approximate surface area is 118 Å². The number of ether oxygens (including phenoxy) is 1. The van der Waals surface area contributed by atoms with Crippen LogP contribution in [-0.4, -0.2) is 19.1 Å². The second-order valence-corrected chi connectivity index (χ2v) is 5.65. The van der Waals surface area contributed by atoms with Gasteiger partial charge in [0, 0.05) is 5.38 Å². The first-order chi connectivity index (χ1) is 9.15. The molecule has 0 saturated carbocycles. The zero-order chi connectivity index (χ0) is 13.8. The largest absolute Gasteiger partial charge is 0.497 e. The van der Waals surface area contributed by atoms with E-state index in [4.69, 9.17) is 9.72 Å². The minimum absolute atomic E-state index is 0.142. The fourth-order valence-corrected chi connectivity index (χ4v) is 3.04. The van der Waals surface area contributed by atoms with E-state index in [-0.39, 0.29) is 6.04 Å². The Bertz CT molecular complexity index is 519. The summed E-state index contributed by atoms with van der Waals surface area (Å²) >= 11 is 1.71. The van der Waals surface area contributed by atoms with Crippen LogP contribution in [0.5, 0.6) is 5.75 Å². The molecule has 1 aromatic heterocycles. The first kappa shape index (κ1) is 14.0. The highest BCUT2D eigenvalue weighted by molar-refractivity contribution is 7.09. The van der Waals surface area contributed by atoms with Crippen LogP contribution in [0, 0.1) is 0 Å². The summed E-state index contributed by atoms with van der Waals surface area (Å²) in [5.74, 6) is 1.35. The first-order valence-corrected chi connectivity index (χ1v) is 7.30. The zero-order valence-corrected chi connectivity index (χ0v) is 12.6. The predicted molar refractivity (Wildman–Crippen MR) is 80.1 cm³/mol. The molecule has 1 aromatic carbocycles. The van der Waals surface area contributed by atoms with Gasteiger partial charge in [0.1, 0.15) is 10.8 Å². The smallest absolute Gasteiger partial charge is 0.118 e. The lowest BCUT2D eigenvalue weighted by Gasteiger charge is -2.14. The lowest BCUT2D eigenvalue weighted by Crippen LogP contribution is -2.17. The molecule has 1 N–H and O–H groups in total. The monoisotopic (exact) mass is 276 g/mol. The van der Waals surface area contributed by atoms with Crippen molar-refractivity contribution in [2.24, 2.45) is 0 Å². The Kier molecular flexibility index (Phi) is 4.56. The van der Waals surface area contributed by atoms with E-state index in [1.807, 2.05) is 19.2 Å². The van der Waals surface area contributed by atoms with E-state index < -0.39 is 0 Å². The van der Waals surface area contributed by atoms with Gasteiger partial charge < -0.3 is 10.1 Å². The van der Waals surface area contributed by atoms with E-state index in [2.05, 4.69) is 36.7 Å². The number of aromatic nitrogens is 1. The molecule has 102 valence electrons. The second kappa shape index (κ2) is 6.17. The van der Waals surface area contributed by atoms with Gasteiger partial charge in [0.15, 0.2) is 0 Å². The Morgan fingerprint density at radius 3 is 2.37 bits per heavy atom. The van der Waals surface area contributed by atoms with Crippen molar-refractivity contribution in [3.63, 3.8) is 0 Å².